The van der Waals surface area contributed by atoms with Crippen molar-refractivity contribution in [1.29, 1.82) is 0 Å². The predicted molar refractivity (Wildman–Crippen MR) is 73.5 cm³/mol. The number of benzene rings is 1. The first kappa shape index (κ1) is 12.4. The average Bonchev–Trinajstić information content (AvgIpc) is 2.78. The summed E-state index contributed by atoms with van der Waals surface area (Å²) in [6.07, 6.45) is 0. The largest absolute Gasteiger partial charge is 0.329 e. The number of fused-ring (bicyclic) bond motifs is 1. The molecule has 0 radical (unpaired) electrons. The number of carbonyl (C=O) groups excluding carboxylic acids is 2. The second kappa shape index (κ2) is 4.78. The van der Waals surface area contributed by atoms with E-state index in [4.69, 9.17) is 5.84 Å². The first-order chi connectivity index (χ1) is 9.69. The molecule has 102 valence electrons. The molecule has 2 heterocycles. The zero-order chi connectivity index (χ0) is 14.1. The number of para-hydroxylation sites is 1. The number of pyridine rings is 1. The van der Waals surface area contributed by atoms with Crippen molar-refractivity contribution in [3.05, 3.63) is 35.9 Å². The molecule has 20 heavy (non-hydrogen) atoms. The monoisotopic (exact) mass is 271 g/mol. The van der Waals surface area contributed by atoms with Crippen LogP contribution in [-0.2, 0) is 11.3 Å². The molecule has 1 aromatic heterocycles. The Balaban J connectivity index is 2.01. The molecule has 1 saturated heterocycles. The van der Waals surface area contributed by atoms with Crippen LogP contribution in [0.2, 0.25) is 0 Å². The highest BCUT2D eigenvalue weighted by Gasteiger charge is 2.29. The number of amides is 3. The van der Waals surface area contributed by atoms with Crippen molar-refractivity contribution >= 4 is 28.7 Å². The molecule has 0 atom stereocenters. The Morgan fingerprint density at radius 2 is 2.15 bits per heavy atom. The molecular formula is C13H13N5O2. The molecule has 4 N–H and O–H groups in total. The van der Waals surface area contributed by atoms with Gasteiger partial charge in [0.1, 0.15) is 5.82 Å². The molecule has 0 saturated carbocycles. The van der Waals surface area contributed by atoms with E-state index in [0.29, 0.717) is 11.4 Å². The van der Waals surface area contributed by atoms with Crippen LogP contribution in [0.3, 0.4) is 0 Å². The van der Waals surface area contributed by atoms with Crippen molar-refractivity contribution < 1.29 is 9.59 Å². The van der Waals surface area contributed by atoms with Gasteiger partial charge in [-0.25, -0.2) is 15.6 Å². The van der Waals surface area contributed by atoms with Gasteiger partial charge in [-0.3, -0.25) is 9.69 Å². The molecule has 1 aliphatic heterocycles. The second-order valence-electron chi connectivity index (χ2n) is 4.47. The van der Waals surface area contributed by atoms with Gasteiger partial charge in [0.25, 0.3) is 0 Å². The standard InChI is InChI=1S/C13H13N5O2/c14-17-12-9(7-18-11(19)6-15-13(18)20)5-8-3-1-2-4-10(8)16-12/h1-5H,6-7,14H2,(H,15,20)(H,16,17). The third kappa shape index (κ3) is 2.04. The van der Waals surface area contributed by atoms with E-state index in [9.17, 15) is 9.59 Å². The smallest absolute Gasteiger partial charge is 0.324 e. The third-order valence-corrected chi connectivity index (χ3v) is 3.21. The van der Waals surface area contributed by atoms with Crippen LogP contribution in [0.25, 0.3) is 10.9 Å². The number of carbonyl (C=O) groups is 2. The van der Waals surface area contributed by atoms with Crippen molar-refractivity contribution in [2.45, 2.75) is 6.54 Å². The number of nitrogens with zero attached hydrogens (tertiary/aromatic N) is 2. The SMILES string of the molecule is NNc1nc2ccccc2cc1CN1C(=O)CNC1=O. The van der Waals surface area contributed by atoms with Gasteiger partial charge in [0, 0.05) is 10.9 Å². The molecule has 1 aromatic carbocycles. The van der Waals surface area contributed by atoms with Gasteiger partial charge in [0.05, 0.1) is 18.6 Å². The molecule has 7 heteroatoms. The maximum absolute atomic E-state index is 11.6. The van der Waals surface area contributed by atoms with Gasteiger partial charge in [-0.15, -0.1) is 0 Å². The number of nitrogens with one attached hydrogen (secondary N) is 2. The van der Waals surface area contributed by atoms with Gasteiger partial charge in [0.2, 0.25) is 5.91 Å². The van der Waals surface area contributed by atoms with Gasteiger partial charge >= 0.3 is 6.03 Å². The molecule has 7 nitrogen and oxygen atoms in total. The summed E-state index contributed by atoms with van der Waals surface area (Å²) in [6.45, 7) is 0.174. The summed E-state index contributed by atoms with van der Waals surface area (Å²) in [5.74, 6) is 5.67. The van der Waals surface area contributed by atoms with E-state index in [0.717, 1.165) is 15.8 Å². The van der Waals surface area contributed by atoms with E-state index in [-0.39, 0.29) is 19.0 Å². The van der Waals surface area contributed by atoms with Crippen molar-refractivity contribution in [1.82, 2.24) is 15.2 Å². The number of hydrazine groups is 1. The summed E-state index contributed by atoms with van der Waals surface area (Å²) in [6, 6.07) is 9.04. The summed E-state index contributed by atoms with van der Waals surface area (Å²) in [5.41, 5.74) is 3.99. The van der Waals surface area contributed by atoms with Crippen LogP contribution >= 0.6 is 0 Å². The van der Waals surface area contributed by atoms with Crippen LogP contribution in [0.1, 0.15) is 5.56 Å². The van der Waals surface area contributed by atoms with Crippen LogP contribution in [-0.4, -0.2) is 28.4 Å². The summed E-state index contributed by atoms with van der Waals surface area (Å²) >= 11 is 0. The number of aromatic nitrogens is 1. The fraction of sp³-hybridized carbons (Fsp3) is 0.154. The lowest BCUT2D eigenvalue weighted by molar-refractivity contribution is -0.125. The average molecular weight is 271 g/mol. The van der Waals surface area contributed by atoms with Crippen molar-refractivity contribution in [2.24, 2.45) is 5.84 Å². The maximum atomic E-state index is 11.6. The minimum Gasteiger partial charge on any atom is -0.329 e. The molecule has 1 fully saturated rings. The van der Waals surface area contributed by atoms with Crippen molar-refractivity contribution in [3.63, 3.8) is 0 Å². The maximum Gasteiger partial charge on any atom is 0.324 e. The minimum atomic E-state index is -0.397. The minimum absolute atomic E-state index is 0.0330. The lowest BCUT2D eigenvalue weighted by Gasteiger charge is -2.15. The fourth-order valence-electron chi connectivity index (χ4n) is 2.19. The molecule has 3 rings (SSSR count). The van der Waals surface area contributed by atoms with E-state index in [1.54, 1.807) is 0 Å². The summed E-state index contributed by atoms with van der Waals surface area (Å²) in [5, 5.41) is 3.40. The summed E-state index contributed by atoms with van der Waals surface area (Å²) < 4.78 is 0. The lowest BCUT2D eigenvalue weighted by atomic mass is 10.1. The number of rotatable bonds is 3. The van der Waals surface area contributed by atoms with Crippen LogP contribution in [0, 0.1) is 0 Å². The van der Waals surface area contributed by atoms with Crippen LogP contribution in [0.15, 0.2) is 30.3 Å². The Bertz CT molecular complexity index is 684. The third-order valence-electron chi connectivity index (χ3n) is 3.21. The molecule has 0 spiro atoms. The van der Waals surface area contributed by atoms with E-state index >= 15 is 0 Å². The van der Waals surface area contributed by atoms with Crippen LogP contribution in [0.5, 0.6) is 0 Å². The van der Waals surface area contributed by atoms with Gasteiger partial charge in [-0.1, -0.05) is 18.2 Å². The zero-order valence-corrected chi connectivity index (χ0v) is 10.6. The van der Waals surface area contributed by atoms with Crippen LogP contribution in [0.4, 0.5) is 10.6 Å². The number of hydrogen-bond donors (Lipinski definition) is 3. The predicted octanol–water partition coefficient (Wildman–Crippen LogP) is 0.572. The molecular weight excluding hydrogens is 258 g/mol. The quantitative estimate of drug-likeness (QED) is 0.430. The fourth-order valence-corrected chi connectivity index (χ4v) is 2.19. The first-order valence-corrected chi connectivity index (χ1v) is 6.12. The number of nitrogen functional groups attached to an aromatic ring is 1. The van der Waals surface area contributed by atoms with Gasteiger partial charge in [0.15, 0.2) is 0 Å². The highest BCUT2D eigenvalue weighted by Crippen LogP contribution is 2.22. The topological polar surface area (TPSA) is 100 Å². The molecule has 3 amide bonds. The normalized spacial score (nSPS) is 14.8. The number of imide groups is 1. The van der Waals surface area contributed by atoms with E-state index in [2.05, 4.69) is 15.7 Å². The molecule has 0 bridgehead atoms. The Morgan fingerprint density at radius 3 is 2.85 bits per heavy atom. The number of anilines is 1. The Kier molecular flexibility index (Phi) is 2.96. The second-order valence-corrected chi connectivity index (χ2v) is 4.47. The molecule has 0 aliphatic carbocycles. The Labute approximate surface area is 114 Å². The van der Waals surface area contributed by atoms with E-state index < -0.39 is 6.03 Å². The van der Waals surface area contributed by atoms with E-state index in [1.165, 1.54) is 0 Å². The number of nitrogens with two attached hydrogens (primary N) is 1. The van der Waals surface area contributed by atoms with Crippen molar-refractivity contribution in [2.75, 3.05) is 12.0 Å². The molecule has 1 aliphatic rings. The van der Waals surface area contributed by atoms with E-state index in [1.807, 2.05) is 30.3 Å². The summed E-state index contributed by atoms with van der Waals surface area (Å²) in [7, 11) is 0. The number of urea groups is 1. The summed E-state index contributed by atoms with van der Waals surface area (Å²) in [4.78, 5) is 28.7. The van der Waals surface area contributed by atoms with Gasteiger partial charge in [-0.05, 0) is 12.1 Å². The van der Waals surface area contributed by atoms with Crippen molar-refractivity contribution in [3.8, 4) is 0 Å². The highest BCUT2D eigenvalue weighted by atomic mass is 16.2. The zero-order valence-electron chi connectivity index (χ0n) is 10.6. The van der Waals surface area contributed by atoms with Crippen LogP contribution < -0.4 is 16.6 Å². The van der Waals surface area contributed by atoms with Gasteiger partial charge in [-0.2, -0.15) is 0 Å². The highest BCUT2D eigenvalue weighted by molar-refractivity contribution is 6.02. The Hall–Kier alpha value is -2.67. The lowest BCUT2D eigenvalue weighted by Crippen LogP contribution is -2.31. The molecule has 2 aromatic rings. The van der Waals surface area contributed by atoms with Gasteiger partial charge < -0.3 is 10.7 Å². The molecule has 0 unspecified atom stereocenters. The first-order valence-electron chi connectivity index (χ1n) is 6.12. The number of hydrogen-bond acceptors (Lipinski definition) is 5. The Morgan fingerprint density at radius 1 is 1.35 bits per heavy atom.